The first kappa shape index (κ1) is 42.8. The fourth-order valence-electron chi connectivity index (χ4n) is 4.55. The van der Waals surface area contributed by atoms with Crippen LogP contribution in [0, 0.1) is 0 Å². The predicted octanol–water partition coefficient (Wildman–Crippen LogP) is 4.84. The van der Waals surface area contributed by atoms with Gasteiger partial charge in [-0.2, -0.15) is 0 Å². The number of hydrogen-bond acceptors (Lipinski definition) is 11. The van der Waals surface area contributed by atoms with Crippen LogP contribution < -0.4 is 0 Å². The molecule has 0 atom stereocenters. The molecule has 0 bridgehead atoms. The molecule has 0 spiro atoms. The molecule has 0 aliphatic carbocycles. The van der Waals surface area contributed by atoms with Gasteiger partial charge in [0.05, 0.1) is 52.6 Å². The zero-order valence-corrected chi connectivity index (χ0v) is 30.0. The topological polar surface area (TPSA) is 115 Å². The van der Waals surface area contributed by atoms with Crippen molar-refractivity contribution in [2.75, 3.05) is 65.7 Å². The van der Waals surface area contributed by atoms with E-state index in [1.807, 2.05) is 72.1 Å². The van der Waals surface area contributed by atoms with Crippen LogP contribution in [-0.4, -0.2) is 122 Å². The van der Waals surface area contributed by atoms with E-state index in [9.17, 15) is 19.2 Å². The first-order valence-corrected chi connectivity index (χ1v) is 17.2. The van der Waals surface area contributed by atoms with Gasteiger partial charge in [0.2, 0.25) is 0 Å². The molecule has 0 unspecified atom stereocenters. The molecule has 0 aromatic carbocycles. The molecule has 264 valence electrons. The minimum Gasteiger partial charge on any atom is -0.465 e. The van der Waals surface area contributed by atoms with Gasteiger partial charge >= 0.3 is 23.9 Å². The van der Waals surface area contributed by atoms with Crippen molar-refractivity contribution < 1.29 is 38.1 Å². The third-order valence-corrected chi connectivity index (χ3v) is 7.66. The molecular formula is C34H65N3O8. The second-order valence-corrected chi connectivity index (χ2v) is 12.6. The summed E-state index contributed by atoms with van der Waals surface area (Å²) in [5.74, 6) is -1.55. The summed E-state index contributed by atoms with van der Waals surface area (Å²) in [6.45, 7) is 19.8. The van der Waals surface area contributed by atoms with Crippen molar-refractivity contribution in [2.24, 2.45) is 0 Å². The van der Waals surface area contributed by atoms with Crippen LogP contribution in [0.25, 0.3) is 0 Å². The van der Waals surface area contributed by atoms with Gasteiger partial charge in [-0.25, -0.2) is 0 Å². The molecule has 11 nitrogen and oxygen atoms in total. The SMILES string of the molecule is CCCCOC(=O)CN(CC(C)(CN(CC(=O)OCCCC)C(C)C)N(CC(=O)OCCCC)CC(=O)OCCCC)C(C)C. The molecule has 0 saturated heterocycles. The predicted molar refractivity (Wildman–Crippen MR) is 177 cm³/mol. The highest BCUT2D eigenvalue weighted by Gasteiger charge is 2.40. The van der Waals surface area contributed by atoms with Gasteiger partial charge in [-0.15, -0.1) is 0 Å². The first-order valence-electron chi connectivity index (χ1n) is 17.2. The Balaban J connectivity index is 6.51. The summed E-state index contributed by atoms with van der Waals surface area (Å²) in [5, 5.41) is 0. The van der Waals surface area contributed by atoms with Gasteiger partial charge in [0, 0.05) is 30.7 Å². The van der Waals surface area contributed by atoms with Crippen molar-refractivity contribution in [3.05, 3.63) is 0 Å². The maximum Gasteiger partial charge on any atom is 0.320 e. The van der Waals surface area contributed by atoms with Crippen molar-refractivity contribution >= 4 is 23.9 Å². The number of unbranched alkanes of at least 4 members (excludes halogenated alkanes) is 4. The molecule has 0 amide bonds. The average Bonchev–Trinajstić information content (AvgIpc) is 2.96. The highest BCUT2D eigenvalue weighted by molar-refractivity contribution is 5.75. The summed E-state index contributed by atoms with van der Waals surface area (Å²) in [6.07, 6.45) is 6.66. The second-order valence-electron chi connectivity index (χ2n) is 12.6. The lowest BCUT2D eigenvalue weighted by molar-refractivity contribution is -0.155. The van der Waals surface area contributed by atoms with Gasteiger partial charge in [-0.05, 0) is 60.3 Å². The highest BCUT2D eigenvalue weighted by Crippen LogP contribution is 2.23. The highest BCUT2D eigenvalue weighted by atomic mass is 16.5. The zero-order valence-electron chi connectivity index (χ0n) is 30.0. The molecule has 0 fully saturated rings. The molecule has 0 heterocycles. The van der Waals surface area contributed by atoms with Crippen molar-refractivity contribution in [1.82, 2.24) is 14.7 Å². The van der Waals surface area contributed by atoms with E-state index in [0.29, 0.717) is 39.5 Å². The Morgan fingerprint density at radius 2 is 0.778 bits per heavy atom. The fraction of sp³-hybridized carbons (Fsp3) is 0.882. The molecular weight excluding hydrogens is 578 g/mol. The number of rotatable bonds is 27. The molecule has 11 heteroatoms. The normalized spacial score (nSPS) is 12.0. The van der Waals surface area contributed by atoms with E-state index in [1.165, 1.54) is 0 Å². The lowest BCUT2D eigenvalue weighted by atomic mass is 9.95. The van der Waals surface area contributed by atoms with Gasteiger partial charge in [-0.3, -0.25) is 33.9 Å². The Hall–Kier alpha value is -2.24. The van der Waals surface area contributed by atoms with E-state index in [0.717, 1.165) is 51.4 Å². The average molecular weight is 644 g/mol. The molecule has 0 radical (unpaired) electrons. The quantitative estimate of drug-likeness (QED) is 0.0696. The Labute approximate surface area is 273 Å². The Morgan fingerprint density at radius 3 is 1.02 bits per heavy atom. The standard InChI is InChI=1S/C34H65N3O8/c1-10-14-18-42-30(38)22-35(28(5)6)26-34(9,27-36(29(7)8)23-31(39)43-19-15-11-2)37(24-32(40)44-20-16-12-3)25-33(41)45-21-17-13-4/h28-29H,10-27H2,1-9H3. The van der Waals surface area contributed by atoms with Crippen LogP contribution in [0.4, 0.5) is 0 Å². The molecule has 0 aliphatic heterocycles. The van der Waals surface area contributed by atoms with Crippen molar-refractivity contribution in [1.29, 1.82) is 0 Å². The van der Waals surface area contributed by atoms with E-state index < -0.39 is 17.5 Å². The monoisotopic (exact) mass is 643 g/mol. The van der Waals surface area contributed by atoms with Gasteiger partial charge in [0.15, 0.2) is 0 Å². The van der Waals surface area contributed by atoms with E-state index in [2.05, 4.69) is 0 Å². The van der Waals surface area contributed by atoms with Gasteiger partial charge < -0.3 is 18.9 Å². The Morgan fingerprint density at radius 1 is 0.511 bits per heavy atom. The second kappa shape index (κ2) is 24.9. The number of ether oxygens (including phenoxy) is 4. The van der Waals surface area contributed by atoms with Crippen molar-refractivity contribution in [3.8, 4) is 0 Å². The minimum atomic E-state index is -0.893. The number of nitrogens with zero attached hydrogens (tertiary/aromatic N) is 3. The molecule has 0 aromatic rings. The van der Waals surface area contributed by atoms with Gasteiger partial charge in [0.1, 0.15) is 0 Å². The van der Waals surface area contributed by atoms with Crippen LogP contribution in [0.3, 0.4) is 0 Å². The lowest BCUT2D eigenvalue weighted by Gasteiger charge is -2.47. The number of hydrogen-bond donors (Lipinski definition) is 0. The maximum absolute atomic E-state index is 13.1. The third kappa shape index (κ3) is 19.8. The summed E-state index contributed by atoms with van der Waals surface area (Å²) < 4.78 is 22.0. The molecule has 0 aliphatic rings. The summed E-state index contributed by atoms with van der Waals surface area (Å²) in [4.78, 5) is 57.7. The van der Waals surface area contributed by atoms with Crippen LogP contribution in [0.1, 0.15) is 114 Å². The molecule has 0 N–H and O–H groups in total. The first-order chi connectivity index (χ1) is 21.3. The fourth-order valence-corrected chi connectivity index (χ4v) is 4.55. The Kier molecular flexibility index (Phi) is 23.7. The van der Waals surface area contributed by atoms with Gasteiger partial charge in [-0.1, -0.05) is 53.4 Å². The summed E-state index contributed by atoms with van der Waals surface area (Å²) in [7, 11) is 0. The summed E-state index contributed by atoms with van der Waals surface area (Å²) in [6, 6.07) is -0.103. The third-order valence-electron chi connectivity index (χ3n) is 7.66. The molecule has 45 heavy (non-hydrogen) atoms. The van der Waals surface area contributed by atoms with E-state index in [4.69, 9.17) is 18.9 Å². The zero-order chi connectivity index (χ0) is 34.3. The van der Waals surface area contributed by atoms with Gasteiger partial charge in [0.25, 0.3) is 0 Å². The largest absolute Gasteiger partial charge is 0.465 e. The molecule has 0 rings (SSSR count). The maximum atomic E-state index is 13.1. The van der Waals surface area contributed by atoms with Crippen molar-refractivity contribution in [3.63, 3.8) is 0 Å². The van der Waals surface area contributed by atoms with Crippen molar-refractivity contribution in [2.45, 2.75) is 131 Å². The van der Waals surface area contributed by atoms with E-state index in [1.54, 1.807) is 4.90 Å². The lowest BCUT2D eigenvalue weighted by Crippen LogP contribution is -2.63. The van der Waals surface area contributed by atoms with Crippen LogP contribution >= 0.6 is 0 Å². The minimum absolute atomic E-state index is 0.0490. The van der Waals surface area contributed by atoms with Crippen LogP contribution in [0.5, 0.6) is 0 Å². The number of carbonyl (C=O) groups excluding carboxylic acids is 4. The van der Waals surface area contributed by atoms with Crippen LogP contribution in [0.15, 0.2) is 0 Å². The smallest absolute Gasteiger partial charge is 0.320 e. The Bertz CT molecular complexity index is 774. The number of carbonyl (C=O) groups is 4. The summed E-state index contributed by atoms with van der Waals surface area (Å²) in [5.41, 5.74) is -0.893. The number of esters is 4. The van der Waals surface area contributed by atoms with Crippen LogP contribution in [-0.2, 0) is 38.1 Å². The van der Waals surface area contributed by atoms with E-state index in [-0.39, 0.29) is 50.2 Å². The molecule has 0 saturated carbocycles. The van der Waals surface area contributed by atoms with E-state index >= 15 is 0 Å². The van der Waals surface area contributed by atoms with Crippen LogP contribution in [0.2, 0.25) is 0 Å². The summed E-state index contributed by atoms with van der Waals surface area (Å²) >= 11 is 0. The molecule has 0 aromatic heterocycles.